The fraction of sp³-hybridized carbons (Fsp3) is 0.417. The van der Waals surface area contributed by atoms with E-state index in [1.807, 2.05) is 24.3 Å². The van der Waals surface area contributed by atoms with Crippen LogP contribution in [0, 0.1) is 0 Å². The normalized spacial score (nSPS) is 15.3. The molecule has 2 rings (SSSR count). The average molecular weight is 219 g/mol. The summed E-state index contributed by atoms with van der Waals surface area (Å²) in [5.74, 6) is 0. The van der Waals surface area contributed by atoms with Crippen LogP contribution in [0.3, 0.4) is 0 Å². The van der Waals surface area contributed by atoms with Crippen LogP contribution in [0.15, 0.2) is 24.3 Å². The molecule has 1 aliphatic rings. The zero-order valence-electron chi connectivity index (χ0n) is 9.20. The van der Waals surface area contributed by atoms with E-state index in [0.717, 1.165) is 24.1 Å². The number of carbonyl (C=O) groups excluding carboxylic acids is 1. The quantitative estimate of drug-likeness (QED) is 0.726. The number of amides is 2. The number of nitrogens with two attached hydrogens (primary N) is 1. The summed E-state index contributed by atoms with van der Waals surface area (Å²) in [6.07, 6.45) is 3.40. The molecule has 0 heterocycles. The van der Waals surface area contributed by atoms with Gasteiger partial charge in [0.25, 0.3) is 0 Å². The van der Waals surface area contributed by atoms with Gasteiger partial charge in [0, 0.05) is 18.3 Å². The Balaban J connectivity index is 1.89. The molecule has 1 aliphatic carbocycles. The zero-order valence-corrected chi connectivity index (χ0v) is 9.20. The number of benzene rings is 1. The number of anilines is 1. The Morgan fingerprint density at radius 2 is 2.25 bits per heavy atom. The maximum atomic E-state index is 11.6. The van der Waals surface area contributed by atoms with Crippen molar-refractivity contribution in [1.29, 1.82) is 0 Å². The van der Waals surface area contributed by atoms with Crippen LogP contribution >= 0.6 is 0 Å². The van der Waals surface area contributed by atoms with Gasteiger partial charge < -0.3 is 16.4 Å². The van der Waals surface area contributed by atoms with Gasteiger partial charge in [-0.15, -0.1) is 0 Å². The molecular formula is C12H17N3O. The maximum Gasteiger partial charge on any atom is 0.319 e. The highest BCUT2D eigenvalue weighted by Gasteiger charge is 2.19. The highest BCUT2D eigenvalue weighted by atomic mass is 16.2. The van der Waals surface area contributed by atoms with E-state index in [0.29, 0.717) is 12.6 Å². The predicted molar refractivity (Wildman–Crippen MR) is 64.1 cm³/mol. The number of urea groups is 1. The number of hydrogen-bond donors (Lipinski definition) is 3. The standard InChI is InChI=1S/C12H17N3O/c13-8-9-3-1-6-11(7-9)15-12(16)14-10-4-2-5-10/h1,3,6-7,10H,2,4-5,8,13H2,(H2,14,15,16). The summed E-state index contributed by atoms with van der Waals surface area (Å²) in [6.45, 7) is 0.486. The Morgan fingerprint density at radius 3 is 2.88 bits per heavy atom. The first-order chi connectivity index (χ1) is 7.78. The molecule has 4 heteroatoms. The Kier molecular flexibility index (Phi) is 3.41. The summed E-state index contributed by atoms with van der Waals surface area (Å²) in [6, 6.07) is 7.81. The molecule has 2 amide bonds. The van der Waals surface area contributed by atoms with Gasteiger partial charge in [-0.2, -0.15) is 0 Å². The Labute approximate surface area is 95.2 Å². The lowest BCUT2D eigenvalue weighted by atomic mass is 9.93. The van der Waals surface area contributed by atoms with Crippen LogP contribution in [0.5, 0.6) is 0 Å². The molecule has 0 aliphatic heterocycles. The van der Waals surface area contributed by atoms with Gasteiger partial charge in [0.15, 0.2) is 0 Å². The number of hydrogen-bond acceptors (Lipinski definition) is 2. The molecule has 1 fully saturated rings. The molecule has 0 unspecified atom stereocenters. The van der Waals surface area contributed by atoms with E-state index in [1.54, 1.807) is 0 Å². The lowest BCUT2D eigenvalue weighted by molar-refractivity contribution is 0.240. The molecule has 0 aromatic heterocycles. The van der Waals surface area contributed by atoms with Gasteiger partial charge in [0.2, 0.25) is 0 Å². The first kappa shape index (κ1) is 11.0. The van der Waals surface area contributed by atoms with E-state index < -0.39 is 0 Å². The van der Waals surface area contributed by atoms with Gasteiger partial charge in [0.1, 0.15) is 0 Å². The van der Waals surface area contributed by atoms with E-state index in [4.69, 9.17) is 5.73 Å². The molecule has 4 nitrogen and oxygen atoms in total. The molecule has 0 spiro atoms. The maximum absolute atomic E-state index is 11.6. The van der Waals surface area contributed by atoms with Crippen LogP contribution in [-0.2, 0) is 6.54 Å². The molecule has 16 heavy (non-hydrogen) atoms. The van der Waals surface area contributed by atoms with E-state index in [1.165, 1.54) is 6.42 Å². The third kappa shape index (κ3) is 2.73. The minimum absolute atomic E-state index is 0.126. The van der Waals surface area contributed by atoms with Gasteiger partial charge in [-0.3, -0.25) is 0 Å². The average Bonchev–Trinajstić information content (AvgIpc) is 2.24. The molecule has 1 aromatic carbocycles. The van der Waals surface area contributed by atoms with Crippen LogP contribution in [-0.4, -0.2) is 12.1 Å². The lowest BCUT2D eigenvalue weighted by Gasteiger charge is -2.26. The molecule has 0 radical (unpaired) electrons. The van der Waals surface area contributed by atoms with Gasteiger partial charge in [0.05, 0.1) is 0 Å². The van der Waals surface area contributed by atoms with Crippen molar-refractivity contribution in [2.24, 2.45) is 5.73 Å². The van der Waals surface area contributed by atoms with Crippen molar-refractivity contribution in [3.8, 4) is 0 Å². The van der Waals surface area contributed by atoms with Crippen LogP contribution in [0.4, 0.5) is 10.5 Å². The fourth-order valence-electron chi connectivity index (χ4n) is 1.68. The smallest absolute Gasteiger partial charge is 0.319 e. The van der Waals surface area contributed by atoms with Crippen molar-refractivity contribution >= 4 is 11.7 Å². The van der Waals surface area contributed by atoms with E-state index in [9.17, 15) is 4.79 Å². The molecule has 0 saturated heterocycles. The van der Waals surface area contributed by atoms with Crippen LogP contribution < -0.4 is 16.4 Å². The fourth-order valence-corrected chi connectivity index (χ4v) is 1.68. The second kappa shape index (κ2) is 4.99. The molecule has 0 atom stereocenters. The van der Waals surface area contributed by atoms with E-state index >= 15 is 0 Å². The van der Waals surface area contributed by atoms with Crippen molar-refractivity contribution < 1.29 is 4.79 Å². The molecule has 4 N–H and O–H groups in total. The molecule has 1 aromatic rings. The van der Waals surface area contributed by atoms with E-state index in [2.05, 4.69) is 10.6 Å². The van der Waals surface area contributed by atoms with Gasteiger partial charge in [-0.05, 0) is 37.0 Å². The van der Waals surface area contributed by atoms with Crippen molar-refractivity contribution in [2.45, 2.75) is 31.8 Å². The van der Waals surface area contributed by atoms with Crippen molar-refractivity contribution in [3.63, 3.8) is 0 Å². The Hall–Kier alpha value is -1.55. The van der Waals surface area contributed by atoms with Crippen LogP contribution in [0.25, 0.3) is 0 Å². The minimum atomic E-state index is -0.126. The highest BCUT2D eigenvalue weighted by Crippen LogP contribution is 2.18. The second-order valence-electron chi connectivity index (χ2n) is 4.13. The summed E-state index contributed by atoms with van der Waals surface area (Å²) in [4.78, 5) is 11.6. The van der Waals surface area contributed by atoms with Crippen molar-refractivity contribution in [1.82, 2.24) is 5.32 Å². The topological polar surface area (TPSA) is 67.1 Å². The second-order valence-corrected chi connectivity index (χ2v) is 4.13. The summed E-state index contributed by atoms with van der Waals surface area (Å²) >= 11 is 0. The first-order valence-corrected chi connectivity index (χ1v) is 5.64. The predicted octanol–water partition coefficient (Wildman–Crippen LogP) is 1.82. The van der Waals surface area contributed by atoms with Gasteiger partial charge >= 0.3 is 6.03 Å². The largest absolute Gasteiger partial charge is 0.335 e. The van der Waals surface area contributed by atoms with Crippen LogP contribution in [0.2, 0.25) is 0 Å². The van der Waals surface area contributed by atoms with Crippen molar-refractivity contribution in [2.75, 3.05) is 5.32 Å². The summed E-state index contributed by atoms with van der Waals surface area (Å²) in [5.41, 5.74) is 7.34. The summed E-state index contributed by atoms with van der Waals surface area (Å²) < 4.78 is 0. The van der Waals surface area contributed by atoms with Crippen LogP contribution in [0.1, 0.15) is 24.8 Å². The lowest BCUT2D eigenvalue weighted by Crippen LogP contribution is -2.41. The number of carbonyl (C=O) groups is 1. The van der Waals surface area contributed by atoms with Crippen molar-refractivity contribution in [3.05, 3.63) is 29.8 Å². The highest BCUT2D eigenvalue weighted by molar-refractivity contribution is 5.89. The number of nitrogens with one attached hydrogen (secondary N) is 2. The number of rotatable bonds is 3. The monoisotopic (exact) mass is 219 g/mol. The Morgan fingerprint density at radius 1 is 1.44 bits per heavy atom. The Bertz CT molecular complexity index is 374. The van der Waals surface area contributed by atoms with Gasteiger partial charge in [-0.1, -0.05) is 12.1 Å². The van der Waals surface area contributed by atoms with Gasteiger partial charge in [-0.25, -0.2) is 4.79 Å². The van der Waals surface area contributed by atoms with E-state index in [-0.39, 0.29) is 6.03 Å². The molecule has 0 bridgehead atoms. The molecule has 86 valence electrons. The molecular weight excluding hydrogens is 202 g/mol. The summed E-state index contributed by atoms with van der Waals surface area (Å²) in [7, 11) is 0. The SMILES string of the molecule is NCc1cccc(NC(=O)NC2CCC2)c1. The summed E-state index contributed by atoms with van der Waals surface area (Å²) in [5, 5.41) is 5.73. The zero-order chi connectivity index (χ0) is 11.4. The minimum Gasteiger partial charge on any atom is -0.335 e. The molecule has 1 saturated carbocycles. The first-order valence-electron chi connectivity index (χ1n) is 5.64. The third-order valence-electron chi connectivity index (χ3n) is 2.86. The third-order valence-corrected chi connectivity index (χ3v) is 2.86.